The smallest absolute Gasteiger partial charge is 0.336 e. The molecule has 0 aliphatic heterocycles. The Morgan fingerprint density at radius 2 is 2.11 bits per heavy atom. The van der Waals surface area contributed by atoms with Gasteiger partial charge in [-0.15, -0.1) is 11.8 Å². The van der Waals surface area contributed by atoms with E-state index in [0.717, 1.165) is 28.4 Å². The molecule has 18 heavy (non-hydrogen) atoms. The molecule has 2 saturated carbocycles. The molecule has 3 atom stereocenters. The molecule has 0 spiro atoms. The number of carbonyl (C=O) groups is 1. The van der Waals surface area contributed by atoms with Crippen LogP contribution in [0.4, 0.5) is 0 Å². The monoisotopic (exact) mass is 262 g/mol. The number of carboxylic acid groups (broad SMARTS) is 1. The van der Waals surface area contributed by atoms with E-state index in [-0.39, 0.29) is 0 Å². The molecule has 0 heterocycles. The lowest BCUT2D eigenvalue weighted by Crippen LogP contribution is -2.13. The van der Waals surface area contributed by atoms with E-state index in [0.29, 0.717) is 5.56 Å². The zero-order chi connectivity index (χ0) is 12.5. The molecule has 2 fully saturated rings. The number of hydrogen-bond acceptors (Lipinski definition) is 2. The van der Waals surface area contributed by atoms with Crippen molar-refractivity contribution in [1.29, 1.82) is 0 Å². The third kappa shape index (κ3) is 2.28. The van der Waals surface area contributed by atoms with E-state index in [4.69, 9.17) is 5.11 Å². The second-order valence-electron chi connectivity index (χ2n) is 5.55. The Morgan fingerprint density at radius 1 is 1.28 bits per heavy atom. The summed E-state index contributed by atoms with van der Waals surface area (Å²) < 4.78 is 0. The topological polar surface area (TPSA) is 37.3 Å². The van der Waals surface area contributed by atoms with Crippen molar-refractivity contribution in [1.82, 2.24) is 0 Å². The van der Waals surface area contributed by atoms with Gasteiger partial charge >= 0.3 is 5.97 Å². The van der Waals surface area contributed by atoms with Gasteiger partial charge in [-0.05, 0) is 49.1 Å². The third-order valence-corrected chi connectivity index (χ3v) is 5.72. The van der Waals surface area contributed by atoms with Gasteiger partial charge < -0.3 is 5.11 Å². The Labute approximate surface area is 112 Å². The number of thioether (sulfide) groups is 1. The Morgan fingerprint density at radius 3 is 2.78 bits per heavy atom. The van der Waals surface area contributed by atoms with Crippen molar-refractivity contribution in [3.8, 4) is 0 Å². The van der Waals surface area contributed by atoms with Crippen LogP contribution in [0, 0.1) is 17.8 Å². The predicted molar refractivity (Wildman–Crippen MR) is 73.1 cm³/mol. The zero-order valence-electron chi connectivity index (χ0n) is 10.3. The van der Waals surface area contributed by atoms with Gasteiger partial charge in [-0.2, -0.15) is 0 Å². The molecule has 0 radical (unpaired) electrons. The van der Waals surface area contributed by atoms with Gasteiger partial charge in [0, 0.05) is 10.6 Å². The van der Waals surface area contributed by atoms with Gasteiger partial charge in [-0.1, -0.05) is 18.6 Å². The predicted octanol–water partition coefficient (Wildman–Crippen LogP) is 3.91. The lowest BCUT2D eigenvalue weighted by atomic mass is 9.90. The SMILES string of the molecule is O=C(O)c1ccccc1SCC1CC2CCC1C2. The average molecular weight is 262 g/mol. The number of fused-ring (bicyclic) bond motifs is 2. The number of aromatic carboxylic acids is 1. The van der Waals surface area contributed by atoms with Gasteiger partial charge in [0.25, 0.3) is 0 Å². The van der Waals surface area contributed by atoms with Gasteiger partial charge in [-0.3, -0.25) is 0 Å². The largest absolute Gasteiger partial charge is 0.478 e. The van der Waals surface area contributed by atoms with Crippen LogP contribution >= 0.6 is 11.8 Å². The molecule has 3 rings (SSSR count). The Bertz CT molecular complexity index is 458. The summed E-state index contributed by atoms with van der Waals surface area (Å²) in [6.07, 6.45) is 5.62. The first-order valence-corrected chi connectivity index (χ1v) is 7.67. The highest BCUT2D eigenvalue weighted by Gasteiger charge is 2.39. The van der Waals surface area contributed by atoms with Crippen molar-refractivity contribution in [3.63, 3.8) is 0 Å². The molecule has 2 aliphatic rings. The minimum absolute atomic E-state index is 0.450. The molecular formula is C15H18O2S. The second kappa shape index (κ2) is 4.96. The minimum Gasteiger partial charge on any atom is -0.478 e. The first kappa shape index (κ1) is 12.1. The van der Waals surface area contributed by atoms with E-state index < -0.39 is 5.97 Å². The van der Waals surface area contributed by atoms with Crippen molar-refractivity contribution < 1.29 is 9.90 Å². The first-order chi connectivity index (χ1) is 8.74. The fourth-order valence-electron chi connectivity index (χ4n) is 3.55. The van der Waals surface area contributed by atoms with Crippen LogP contribution in [0.1, 0.15) is 36.0 Å². The molecule has 2 bridgehead atoms. The molecular weight excluding hydrogens is 244 g/mol. The van der Waals surface area contributed by atoms with E-state index in [9.17, 15) is 4.79 Å². The summed E-state index contributed by atoms with van der Waals surface area (Å²) >= 11 is 1.73. The molecule has 3 unspecified atom stereocenters. The second-order valence-corrected chi connectivity index (χ2v) is 6.61. The maximum Gasteiger partial charge on any atom is 0.336 e. The van der Waals surface area contributed by atoms with Crippen LogP contribution in [0.5, 0.6) is 0 Å². The molecule has 96 valence electrons. The van der Waals surface area contributed by atoms with Crippen LogP contribution < -0.4 is 0 Å². The van der Waals surface area contributed by atoms with Gasteiger partial charge in [-0.25, -0.2) is 4.79 Å². The van der Waals surface area contributed by atoms with Crippen LogP contribution in [0.15, 0.2) is 29.2 Å². The highest BCUT2D eigenvalue weighted by molar-refractivity contribution is 7.99. The third-order valence-electron chi connectivity index (χ3n) is 4.45. The summed E-state index contributed by atoms with van der Waals surface area (Å²) in [4.78, 5) is 12.1. The number of rotatable bonds is 4. The molecule has 1 aromatic carbocycles. The summed E-state index contributed by atoms with van der Waals surface area (Å²) in [5.74, 6) is 2.97. The van der Waals surface area contributed by atoms with E-state index in [1.54, 1.807) is 23.9 Å². The van der Waals surface area contributed by atoms with Crippen molar-refractivity contribution in [2.45, 2.75) is 30.6 Å². The van der Waals surface area contributed by atoms with Crippen molar-refractivity contribution in [2.75, 3.05) is 5.75 Å². The molecule has 1 aromatic rings. The number of carboxylic acids is 1. The minimum atomic E-state index is -0.814. The Kier molecular flexibility index (Phi) is 3.33. The highest BCUT2D eigenvalue weighted by atomic mass is 32.2. The van der Waals surface area contributed by atoms with Crippen molar-refractivity contribution in [2.24, 2.45) is 17.8 Å². The van der Waals surface area contributed by atoms with E-state index in [2.05, 4.69) is 0 Å². The fourth-order valence-corrected chi connectivity index (χ4v) is 4.83. The van der Waals surface area contributed by atoms with Crippen LogP contribution in [-0.4, -0.2) is 16.8 Å². The standard InChI is InChI=1S/C15H18O2S/c16-15(17)13-3-1-2-4-14(13)18-9-12-8-10-5-6-11(12)7-10/h1-4,10-12H,5-9H2,(H,16,17). The average Bonchev–Trinajstić information content (AvgIpc) is 2.98. The number of benzene rings is 1. The summed E-state index contributed by atoms with van der Waals surface area (Å²) in [5.41, 5.74) is 0.450. The maximum absolute atomic E-state index is 11.1. The molecule has 0 saturated heterocycles. The number of hydrogen-bond donors (Lipinski definition) is 1. The normalized spacial score (nSPS) is 29.7. The van der Waals surface area contributed by atoms with Gasteiger partial charge in [0.1, 0.15) is 0 Å². The van der Waals surface area contributed by atoms with E-state index in [1.165, 1.54) is 25.7 Å². The molecule has 2 aliphatic carbocycles. The van der Waals surface area contributed by atoms with Crippen LogP contribution in [0.25, 0.3) is 0 Å². The van der Waals surface area contributed by atoms with Crippen LogP contribution in [-0.2, 0) is 0 Å². The Balaban J connectivity index is 1.65. The van der Waals surface area contributed by atoms with Gasteiger partial charge in [0.15, 0.2) is 0 Å². The molecule has 3 heteroatoms. The lowest BCUT2D eigenvalue weighted by molar-refractivity contribution is 0.0693. The highest BCUT2D eigenvalue weighted by Crippen LogP contribution is 2.49. The maximum atomic E-state index is 11.1. The zero-order valence-corrected chi connectivity index (χ0v) is 11.2. The quantitative estimate of drug-likeness (QED) is 0.836. The summed E-state index contributed by atoms with van der Waals surface area (Å²) in [7, 11) is 0. The fraction of sp³-hybridized carbons (Fsp3) is 0.533. The van der Waals surface area contributed by atoms with Crippen LogP contribution in [0.2, 0.25) is 0 Å². The molecule has 0 amide bonds. The summed E-state index contributed by atoms with van der Waals surface area (Å²) in [5, 5.41) is 9.15. The Hall–Kier alpha value is -0.960. The lowest BCUT2D eigenvalue weighted by Gasteiger charge is -2.21. The van der Waals surface area contributed by atoms with Crippen LogP contribution in [0.3, 0.4) is 0 Å². The molecule has 1 N–H and O–H groups in total. The van der Waals surface area contributed by atoms with Gasteiger partial charge in [0.05, 0.1) is 5.56 Å². The molecule has 0 aromatic heterocycles. The van der Waals surface area contributed by atoms with E-state index >= 15 is 0 Å². The summed E-state index contributed by atoms with van der Waals surface area (Å²) in [6, 6.07) is 7.35. The summed E-state index contributed by atoms with van der Waals surface area (Å²) in [6.45, 7) is 0. The van der Waals surface area contributed by atoms with Crippen molar-refractivity contribution >= 4 is 17.7 Å². The molecule has 2 nitrogen and oxygen atoms in total. The first-order valence-electron chi connectivity index (χ1n) is 6.69. The van der Waals surface area contributed by atoms with E-state index in [1.807, 2.05) is 12.1 Å². The van der Waals surface area contributed by atoms with Gasteiger partial charge in [0.2, 0.25) is 0 Å². The van der Waals surface area contributed by atoms with Crippen molar-refractivity contribution in [3.05, 3.63) is 29.8 Å².